The second kappa shape index (κ2) is 7.25. The summed E-state index contributed by atoms with van der Waals surface area (Å²) >= 11 is 0. The predicted molar refractivity (Wildman–Crippen MR) is 77.6 cm³/mol. The SMILES string of the molecule is C[C@@H](CN1CCCCCC1)N1CC[CH]CC1C(N)=O. The van der Waals surface area contributed by atoms with E-state index in [4.69, 9.17) is 5.73 Å². The molecule has 2 saturated heterocycles. The number of nitrogens with zero attached hydrogens (tertiary/aromatic N) is 2. The highest BCUT2D eigenvalue weighted by Gasteiger charge is 2.31. The molecule has 4 nitrogen and oxygen atoms in total. The van der Waals surface area contributed by atoms with Crippen molar-refractivity contribution in [2.24, 2.45) is 5.73 Å². The third kappa shape index (κ3) is 4.18. The van der Waals surface area contributed by atoms with E-state index in [1.807, 2.05) is 0 Å². The van der Waals surface area contributed by atoms with Gasteiger partial charge in [-0.3, -0.25) is 9.69 Å². The van der Waals surface area contributed by atoms with Crippen molar-refractivity contribution in [1.29, 1.82) is 0 Å². The highest BCUT2D eigenvalue weighted by atomic mass is 16.1. The van der Waals surface area contributed by atoms with Crippen LogP contribution >= 0.6 is 0 Å². The van der Waals surface area contributed by atoms with Crippen LogP contribution in [0.2, 0.25) is 0 Å². The van der Waals surface area contributed by atoms with Gasteiger partial charge in [-0.25, -0.2) is 0 Å². The Balaban J connectivity index is 1.89. The molecule has 2 N–H and O–H groups in total. The summed E-state index contributed by atoms with van der Waals surface area (Å²) in [4.78, 5) is 16.4. The van der Waals surface area contributed by atoms with Gasteiger partial charge in [-0.05, 0) is 58.7 Å². The number of hydrogen-bond donors (Lipinski definition) is 1. The maximum atomic E-state index is 11.6. The number of rotatable bonds is 4. The normalized spacial score (nSPS) is 28.8. The maximum absolute atomic E-state index is 11.6. The molecule has 0 aliphatic carbocycles. The Morgan fingerprint density at radius 3 is 2.58 bits per heavy atom. The van der Waals surface area contributed by atoms with Crippen molar-refractivity contribution in [2.75, 3.05) is 26.2 Å². The maximum Gasteiger partial charge on any atom is 0.234 e. The van der Waals surface area contributed by atoms with Gasteiger partial charge in [0.25, 0.3) is 0 Å². The minimum absolute atomic E-state index is 0.0873. The van der Waals surface area contributed by atoms with Gasteiger partial charge in [0, 0.05) is 12.6 Å². The van der Waals surface area contributed by atoms with E-state index in [9.17, 15) is 4.79 Å². The summed E-state index contributed by atoms with van der Waals surface area (Å²) in [6, 6.07) is 0.333. The van der Waals surface area contributed by atoms with E-state index in [1.54, 1.807) is 0 Å². The lowest BCUT2D eigenvalue weighted by Crippen LogP contribution is -2.54. The fourth-order valence-electron chi connectivity index (χ4n) is 3.41. The number of likely N-dealkylation sites (tertiary alicyclic amines) is 2. The summed E-state index contributed by atoms with van der Waals surface area (Å²) in [7, 11) is 0. The molecule has 0 aromatic heterocycles. The fourth-order valence-corrected chi connectivity index (χ4v) is 3.41. The first kappa shape index (κ1) is 14.8. The average molecular weight is 266 g/mol. The van der Waals surface area contributed by atoms with E-state index in [2.05, 4.69) is 23.1 Å². The zero-order valence-corrected chi connectivity index (χ0v) is 12.2. The summed E-state index contributed by atoms with van der Waals surface area (Å²) in [5.74, 6) is -0.168. The number of amides is 1. The molecule has 2 rings (SSSR count). The standard InChI is InChI=1S/C15H28N3O/c1-13(12-17-9-5-2-3-6-10-17)18-11-7-4-8-14(18)15(16)19/h4,13-14H,2-3,5-12H2,1H3,(H2,16,19)/t13-,14?/m0/s1. The van der Waals surface area contributed by atoms with Crippen molar-refractivity contribution < 1.29 is 4.79 Å². The Morgan fingerprint density at radius 2 is 1.95 bits per heavy atom. The number of hydrogen-bond acceptors (Lipinski definition) is 3. The average Bonchev–Trinajstić information content (AvgIpc) is 2.67. The number of carbonyl (C=O) groups is 1. The zero-order chi connectivity index (χ0) is 13.7. The topological polar surface area (TPSA) is 49.6 Å². The first-order chi connectivity index (χ1) is 9.18. The molecule has 0 aromatic carbocycles. The van der Waals surface area contributed by atoms with Crippen molar-refractivity contribution in [2.45, 2.75) is 57.5 Å². The number of piperidine rings is 1. The van der Waals surface area contributed by atoms with E-state index in [-0.39, 0.29) is 11.9 Å². The molecule has 2 aliphatic rings. The van der Waals surface area contributed by atoms with Crippen LogP contribution in [0.25, 0.3) is 0 Å². The van der Waals surface area contributed by atoms with Gasteiger partial charge in [0.1, 0.15) is 0 Å². The fraction of sp³-hybridized carbons (Fsp3) is 0.867. The molecule has 0 bridgehead atoms. The predicted octanol–water partition coefficient (Wildman–Crippen LogP) is 1.40. The minimum Gasteiger partial charge on any atom is -0.368 e. The lowest BCUT2D eigenvalue weighted by molar-refractivity contribution is -0.124. The van der Waals surface area contributed by atoms with E-state index in [0.29, 0.717) is 6.04 Å². The smallest absolute Gasteiger partial charge is 0.234 e. The van der Waals surface area contributed by atoms with Crippen LogP contribution < -0.4 is 5.73 Å². The molecule has 4 heteroatoms. The van der Waals surface area contributed by atoms with Crippen molar-refractivity contribution in [1.82, 2.24) is 9.80 Å². The molecule has 109 valence electrons. The van der Waals surface area contributed by atoms with Gasteiger partial charge < -0.3 is 10.6 Å². The van der Waals surface area contributed by atoms with Gasteiger partial charge in [0.15, 0.2) is 0 Å². The van der Waals surface area contributed by atoms with E-state index >= 15 is 0 Å². The lowest BCUT2D eigenvalue weighted by Gasteiger charge is -2.39. The number of nitrogens with two attached hydrogens (primary N) is 1. The molecule has 0 saturated carbocycles. The van der Waals surface area contributed by atoms with E-state index < -0.39 is 0 Å². The monoisotopic (exact) mass is 266 g/mol. The Bertz CT molecular complexity index is 287. The summed E-state index contributed by atoms with van der Waals surface area (Å²) < 4.78 is 0. The van der Waals surface area contributed by atoms with Crippen LogP contribution in [0.5, 0.6) is 0 Å². The van der Waals surface area contributed by atoms with Crippen molar-refractivity contribution >= 4 is 5.91 Å². The molecule has 0 spiro atoms. The second-order valence-corrected chi connectivity index (χ2v) is 6.03. The Kier molecular flexibility index (Phi) is 5.64. The molecule has 2 heterocycles. The number of carbonyl (C=O) groups excluding carboxylic acids is 1. The first-order valence-corrected chi connectivity index (χ1v) is 7.77. The lowest BCUT2D eigenvalue weighted by atomic mass is 9.99. The molecular weight excluding hydrogens is 238 g/mol. The van der Waals surface area contributed by atoms with E-state index in [0.717, 1.165) is 25.9 Å². The largest absolute Gasteiger partial charge is 0.368 e. The molecule has 2 atom stereocenters. The molecule has 2 fully saturated rings. The summed E-state index contributed by atoms with van der Waals surface area (Å²) in [5.41, 5.74) is 5.54. The van der Waals surface area contributed by atoms with Gasteiger partial charge in [0.2, 0.25) is 5.91 Å². The molecule has 2 aliphatic heterocycles. The molecule has 1 amide bonds. The summed E-state index contributed by atoms with van der Waals surface area (Å²) in [6.45, 7) is 6.72. The highest BCUT2D eigenvalue weighted by molar-refractivity contribution is 5.80. The van der Waals surface area contributed by atoms with Crippen LogP contribution in [0.4, 0.5) is 0 Å². The van der Waals surface area contributed by atoms with Crippen LogP contribution in [-0.2, 0) is 4.79 Å². The number of primary amides is 1. The van der Waals surface area contributed by atoms with Crippen molar-refractivity contribution in [3.05, 3.63) is 6.42 Å². The van der Waals surface area contributed by atoms with Crippen LogP contribution in [0.1, 0.15) is 45.4 Å². The first-order valence-electron chi connectivity index (χ1n) is 7.77. The summed E-state index contributed by atoms with van der Waals surface area (Å²) in [5, 5.41) is 0. The third-order valence-electron chi connectivity index (χ3n) is 4.50. The Labute approximate surface area is 117 Å². The molecule has 0 aromatic rings. The Hall–Kier alpha value is -0.610. The van der Waals surface area contributed by atoms with E-state index in [1.165, 1.54) is 38.8 Å². The summed E-state index contributed by atoms with van der Waals surface area (Å²) in [6.07, 6.45) is 9.47. The van der Waals surface area contributed by atoms with Gasteiger partial charge in [0.05, 0.1) is 6.04 Å². The van der Waals surface area contributed by atoms with Crippen LogP contribution in [0.15, 0.2) is 0 Å². The van der Waals surface area contributed by atoms with Crippen LogP contribution in [-0.4, -0.2) is 54.0 Å². The van der Waals surface area contributed by atoms with Gasteiger partial charge in [-0.2, -0.15) is 0 Å². The molecular formula is C15H28N3O. The van der Waals surface area contributed by atoms with Crippen LogP contribution in [0.3, 0.4) is 0 Å². The highest BCUT2D eigenvalue weighted by Crippen LogP contribution is 2.20. The zero-order valence-electron chi connectivity index (χ0n) is 12.2. The molecule has 1 radical (unpaired) electrons. The second-order valence-electron chi connectivity index (χ2n) is 6.03. The quantitative estimate of drug-likeness (QED) is 0.837. The minimum atomic E-state index is -0.168. The Morgan fingerprint density at radius 1 is 1.26 bits per heavy atom. The van der Waals surface area contributed by atoms with Crippen LogP contribution in [0, 0.1) is 6.42 Å². The molecule has 19 heavy (non-hydrogen) atoms. The van der Waals surface area contributed by atoms with Gasteiger partial charge in [-0.15, -0.1) is 0 Å². The van der Waals surface area contributed by atoms with Gasteiger partial charge in [-0.1, -0.05) is 12.8 Å². The van der Waals surface area contributed by atoms with Gasteiger partial charge >= 0.3 is 0 Å². The molecule has 1 unspecified atom stereocenters. The van der Waals surface area contributed by atoms with Crippen molar-refractivity contribution in [3.8, 4) is 0 Å². The van der Waals surface area contributed by atoms with Crippen molar-refractivity contribution in [3.63, 3.8) is 0 Å². The third-order valence-corrected chi connectivity index (χ3v) is 4.50.